The summed E-state index contributed by atoms with van der Waals surface area (Å²) in [5.74, 6) is 0. The third kappa shape index (κ3) is 3.18. The van der Waals surface area contributed by atoms with Crippen LogP contribution in [0, 0.1) is 0 Å². The van der Waals surface area contributed by atoms with Crippen molar-refractivity contribution in [2.75, 3.05) is 13.6 Å². The second-order valence-corrected chi connectivity index (χ2v) is 2.87. The molecule has 0 unspecified atom stereocenters. The van der Waals surface area contributed by atoms with Gasteiger partial charge in [-0.1, -0.05) is 0 Å². The summed E-state index contributed by atoms with van der Waals surface area (Å²) in [5, 5.41) is 3.10. The van der Waals surface area contributed by atoms with Crippen molar-refractivity contribution in [3.05, 3.63) is 0 Å². The summed E-state index contributed by atoms with van der Waals surface area (Å²) in [5.41, 5.74) is 0. The lowest BCUT2D eigenvalue weighted by atomic mass is 10.2. The van der Waals surface area contributed by atoms with Crippen LogP contribution in [0.4, 0.5) is 0 Å². The quantitative estimate of drug-likeness (QED) is 0.609. The molecule has 1 aliphatic rings. The molecule has 0 radical (unpaired) electrons. The minimum atomic E-state index is 0.0318. The maximum absolute atomic E-state index is 5.28. The summed E-state index contributed by atoms with van der Waals surface area (Å²) in [7, 11) is 1.97. The average molecular weight is 159 g/mol. The molecule has 0 aromatic carbocycles. The van der Waals surface area contributed by atoms with Gasteiger partial charge >= 0.3 is 0 Å². The number of hydrogen-bond acceptors (Lipinski definition) is 3. The van der Waals surface area contributed by atoms with Crippen molar-refractivity contribution in [1.82, 2.24) is 5.32 Å². The van der Waals surface area contributed by atoms with Crippen molar-refractivity contribution in [3.63, 3.8) is 0 Å². The molecule has 0 aromatic heterocycles. The van der Waals surface area contributed by atoms with E-state index in [2.05, 4.69) is 5.32 Å². The van der Waals surface area contributed by atoms with Gasteiger partial charge in [0.25, 0.3) is 0 Å². The Hall–Kier alpha value is -0.120. The van der Waals surface area contributed by atoms with E-state index in [4.69, 9.17) is 9.47 Å². The Morgan fingerprint density at radius 1 is 1.27 bits per heavy atom. The third-order valence-electron chi connectivity index (χ3n) is 1.80. The molecule has 11 heavy (non-hydrogen) atoms. The lowest BCUT2D eigenvalue weighted by molar-refractivity contribution is -0.377. The topological polar surface area (TPSA) is 30.5 Å². The highest BCUT2D eigenvalue weighted by Gasteiger charge is 2.25. The van der Waals surface area contributed by atoms with E-state index in [9.17, 15) is 0 Å². The number of nitrogens with one attached hydrogen (secondary N) is 1. The van der Waals surface area contributed by atoms with E-state index in [0.29, 0.717) is 0 Å². The summed E-state index contributed by atoms with van der Waals surface area (Å²) in [6, 6.07) is 0. The van der Waals surface area contributed by atoms with Crippen molar-refractivity contribution >= 4 is 0 Å². The van der Waals surface area contributed by atoms with Crippen molar-refractivity contribution in [1.29, 1.82) is 0 Å². The first-order chi connectivity index (χ1) is 5.33. The first-order valence-corrected chi connectivity index (χ1v) is 4.28. The number of ether oxygens (including phenoxy) is 2. The van der Waals surface area contributed by atoms with Crippen LogP contribution in [0.5, 0.6) is 0 Å². The molecule has 1 saturated heterocycles. The normalized spacial score (nSPS) is 30.0. The summed E-state index contributed by atoms with van der Waals surface area (Å²) >= 11 is 0. The van der Waals surface area contributed by atoms with Crippen molar-refractivity contribution < 1.29 is 9.47 Å². The second-order valence-electron chi connectivity index (χ2n) is 2.87. The molecule has 0 atom stereocenters. The monoisotopic (exact) mass is 159 g/mol. The highest BCUT2D eigenvalue weighted by Crippen LogP contribution is 2.20. The van der Waals surface area contributed by atoms with Crippen molar-refractivity contribution in [2.24, 2.45) is 0 Å². The molecule has 3 nitrogen and oxygen atoms in total. The average Bonchev–Trinajstić information content (AvgIpc) is 1.94. The lowest BCUT2D eigenvalue weighted by Gasteiger charge is -2.33. The molecule has 1 aliphatic heterocycles. The van der Waals surface area contributed by atoms with E-state index >= 15 is 0 Å². The van der Waals surface area contributed by atoms with Crippen LogP contribution in [-0.2, 0) is 9.47 Å². The van der Waals surface area contributed by atoms with Crippen LogP contribution < -0.4 is 5.32 Å². The number of hydrogen-bond donors (Lipinski definition) is 1. The van der Waals surface area contributed by atoms with Crippen molar-refractivity contribution in [3.8, 4) is 0 Å². The van der Waals surface area contributed by atoms with E-state index < -0.39 is 0 Å². The SMILES string of the molecule is CNCCCCC1OC(C)O1. The fourth-order valence-corrected chi connectivity index (χ4v) is 1.19. The van der Waals surface area contributed by atoms with E-state index in [1.54, 1.807) is 0 Å². The summed E-state index contributed by atoms with van der Waals surface area (Å²) in [6.45, 7) is 3.01. The zero-order valence-electron chi connectivity index (χ0n) is 7.30. The van der Waals surface area contributed by atoms with E-state index in [-0.39, 0.29) is 12.6 Å². The fraction of sp³-hybridized carbons (Fsp3) is 1.00. The maximum atomic E-state index is 5.28. The van der Waals surface area contributed by atoms with Gasteiger partial charge in [0, 0.05) is 0 Å². The zero-order chi connectivity index (χ0) is 8.10. The third-order valence-corrected chi connectivity index (χ3v) is 1.80. The standard InChI is InChI=1S/C8H17NO2/c1-7-10-8(11-7)5-3-4-6-9-2/h7-9H,3-6H2,1-2H3. The molecular weight excluding hydrogens is 142 g/mol. The van der Waals surface area contributed by atoms with Crippen LogP contribution in [-0.4, -0.2) is 26.2 Å². The molecule has 3 heteroatoms. The molecule has 1 rings (SSSR count). The van der Waals surface area contributed by atoms with E-state index in [1.165, 1.54) is 12.8 Å². The summed E-state index contributed by atoms with van der Waals surface area (Å²) < 4.78 is 10.6. The summed E-state index contributed by atoms with van der Waals surface area (Å²) in [6.07, 6.45) is 3.53. The maximum Gasteiger partial charge on any atom is 0.163 e. The van der Waals surface area contributed by atoms with E-state index in [0.717, 1.165) is 13.0 Å². The van der Waals surface area contributed by atoms with Gasteiger partial charge in [-0.3, -0.25) is 0 Å². The largest absolute Gasteiger partial charge is 0.324 e. The van der Waals surface area contributed by atoms with Gasteiger partial charge < -0.3 is 14.8 Å². The van der Waals surface area contributed by atoms with Gasteiger partial charge in [-0.15, -0.1) is 0 Å². The van der Waals surface area contributed by atoms with Crippen LogP contribution in [0.15, 0.2) is 0 Å². The molecule has 1 heterocycles. The molecule has 0 spiro atoms. The first kappa shape index (κ1) is 8.97. The van der Waals surface area contributed by atoms with Gasteiger partial charge in [0.2, 0.25) is 0 Å². The Morgan fingerprint density at radius 2 is 2.00 bits per heavy atom. The van der Waals surface area contributed by atoms with Gasteiger partial charge in [0.15, 0.2) is 12.6 Å². The Balaban J connectivity index is 1.81. The molecule has 1 N–H and O–H groups in total. The van der Waals surface area contributed by atoms with Gasteiger partial charge in [0.1, 0.15) is 0 Å². The minimum absolute atomic E-state index is 0.0318. The van der Waals surface area contributed by atoms with Crippen LogP contribution in [0.3, 0.4) is 0 Å². The predicted molar refractivity (Wildman–Crippen MR) is 43.2 cm³/mol. The van der Waals surface area contributed by atoms with Crippen LogP contribution in [0.1, 0.15) is 26.2 Å². The smallest absolute Gasteiger partial charge is 0.163 e. The Bertz CT molecular complexity index is 102. The van der Waals surface area contributed by atoms with Gasteiger partial charge in [-0.2, -0.15) is 0 Å². The molecule has 1 fully saturated rings. The molecular formula is C8H17NO2. The lowest BCUT2D eigenvalue weighted by Crippen LogP contribution is -2.38. The van der Waals surface area contributed by atoms with Crippen LogP contribution >= 0.6 is 0 Å². The Morgan fingerprint density at radius 3 is 2.55 bits per heavy atom. The van der Waals surface area contributed by atoms with Crippen LogP contribution in [0.2, 0.25) is 0 Å². The highest BCUT2D eigenvalue weighted by atomic mass is 16.9. The fourth-order valence-electron chi connectivity index (χ4n) is 1.19. The first-order valence-electron chi connectivity index (χ1n) is 4.28. The predicted octanol–water partition coefficient (Wildman–Crippen LogP) is 1.09. The number of rotatable bonds is 5. The van der Waals surface area contributed by atoms with Crippen molar-refractivity contribution in [2.45, 2.75) is 38.8 Å². The molecule has 0 aliphatic carbocycles. The Kier molecular flexibility index (Phi) is 3.83. The number of unbranched alkanes of at least 4 members (excludes halogenated alkanes) is 1. The van der Waals surface area contributed by atoms with Gasteiger partial charge in [0.05, 0.1) is 0 Å². The zero-order valence-corrected chi connectivity index (χ0v) is 7.30. The second kappa shape index (κ2) is 4.70. The van der Waals surface area contributed by atoms with Gasteiger partial charge in [-0.05, 0) is 39.8 Å². The van der Waals surface area contributed by atoms with Crippen LogP contribution in [0.25, 0.3) is 0 Å². The molecule has 0 bridgehead atoms. The summed E-state index contributed by atoms with van der Waals surface area (Å²) in [4.78, 5) is 0. The minimum Gasteiger partial charge on any atom is -0.324 e. The molecule has 0 aromatic rings. The molecule has 0 saturated carbocycles. The molecule has 0 amide bonds. The highest BCUT2D eigenvalue weighted by molar-refractivity contribution is 4.56. The molecule has 66 valence electrons. The van der Waals surface area contributed by atoms with Gasteiger partial charge in [-0.25, -0.2) is 0 Å². The van der Waals surface area contributed by atoms with E-state index in [1.807, 2.05) is 14.0 Å². The Labute approximate surface area is 68.1 Å².